The molecule has 0 aromatic heterocycles. The van der Waals surface area contributed by atoms with E-state index in [1.54, 1.807) is 4.90 Å². The van der Waals surface area contributed by atoms with Gasteiger partial charge in [-0.15, -0.1) is 0 Å². The molecule has 4 rings (SSSR count). The van der Waals surface area contributed by atoms with Crippen LogP contribution in [0.2, 0.25) is 0 Å². The van der Waals surface area contributed by atoms with E-state index >= 15 is 0 Å². The number of piperidine rings is 1. The molecule has 1 atom stereocenters. The van der Waals surface area contributed by atoms with Gasteiger partial charge in [0.15, 0.2) is 0 Å². The zero-order chi connectivity index (χ0) is 27.3. The third-order valence-corrected chi connectivity index (χ3v) is 7.87. The first-order chi connectivity index (χ1) is 18.1. The molecule has 38 heavy (non-hydrogen) atoms. The quantitative estimate of drug-likeness (QED) is 0.548. The number of hydrogen-bond donors (Lipinski definition) is 2. The van der Waals surface area contributed by atoms with Crippen molar-refractivity contribution in [2.45, 2.75) is 44.8 Å². The van der Waals surface area contributed by atoms with Crippen LogP contribution in [0.25, 0.3) is 0 Å². The highest BCUT2D eigenvalue weighted by Crippen LogP contribution is 2.29. The maximum absolute atomic E-state index is 12.7. The van der Waals surface area contributed by atoms with E-state index in [4.69, 9.17) is 9.47 Å². The van der Waals surface area contributed by atoms with Gasteiger partial charge in [-0.3, -0.25) is 9.69 Å². The molecule has 0 spiro atoms. The van der Waals surface area contributed by atoms with Gasteiger partial charge in [0.2, 0.25) is 5.91 Å². The number of aliphatic hydroxyl groups is 2. The maximum atomic E-state index is 12.7. The number of β-amino-alcohol motifs (C(OH)–C–C–N with tert-alkyl or cyclic N) is 2. The van der Waals surface area contributed by atoms with Crippen molar-refractivity contribution in [3.63, 3.8) is 0 Å². The molecule has 208 valence electrons. The Morgan fingerprint density at radius 3 is 2.37 bits per heavy atom. The third-order valence-electron chi connectivity index (χ3n) is 7.87. The molecular formula is C30H43N3O5. The Morgan fingerprint density at radius 1 is 0.921 bits per heavy atom. The van der Waals surface area contributed by atoms with Crippen LogP contribution < -0.4 is 9.64 Å². The molecule has 8 nitrogen and oxygen atoms in total. The third kappa shape index (κ3) is 7.26. The second-order valence-corrected chi connectivity index (χ2v) is 11.3. The summed E-state index contributed by atoms with van der Waals surface area (Å²) < 4.78 is 11.1. The summed E-state index contributed by atoms with van der Waals surface area (Å²) in [6, 6.07) is 14.3. The molecule has 1 unspecified atom stereocenters. The van der Waals surface area contributed by atoms with Crippen LogP contribution in [-0.2, 0) is 9.53 Å². The summed E-state index contributed by atoms with van der Waals surface area (Å²) in [5.74, 6) is 0.526. The van der Waals surface area contributed by atoms with Crippen molar-refractivity contribution in [2.24, 2.45) is 0 Å². The van der Waals surface area contributed by atoms with Gasteiger partial charge in [-0.25, -0.2) is 0 Å². The highest BCUT2D eigenvalue weighted by Gasteiger charge is 2.41. The van der Waals surface area contributed by atoms with Crippen LogP contribution in [0.3, 0.4) is 0 Å². The fraction of sp³-hybridized carbons (Fsp3) is 0.567. The fourth-order valence-corrected chi connectivity index (χ4v) is 5.50. The second-order valence-electron chi connectivity index (χ2n) is 11.3. The normalized spacial score (nSPS) is 22.3. The summed E-state index contributed by atoms with van der Waals surface area (Å²) in [7, 11) is 1.50. The Hall–Kier alpha value is -2.65. The van der Waals surface area contributed by atoms with Crippen molar-refractivity contribution in [3.8, 4) is 5.75 Å². The Bertz CT molecular complexity index is 1100. The predicted octanol–water partition coefficient (Wildman–Crippen LogP) is 2.54. The van der Waals surface area contributed by atoms with E-state index in [9.17, 15) is 15.0 Å². The van der Waals surface area contributed by atoms with Gasteiger partial charge in [0.25, 0.3) is 0 Å². The summed E-state index contributed by atoms with van der Waals surface area (Å²) in [5, 5.41) is 23.3. The first kappa shape index (κ1) is 28.4. The fourth-order valence-electron chi connectivity index (χ4n) is 5.50. The molecule has 0 saturated carbocycles. The molecule has 8 heteroatoms. The number of aryl methyl sites for hydroxylation is 3. The smallest absolute Gasteiger partial charge is 0.248 e. The molecule has 2 heterocycles. The van der Waals surface area contributed by atoms with Gasteiger partial charge in [-0.05, 0) is 74.6 Å². The van der Waals surface area contributed by atoms with Crippen molar-refractivity contribution in [1.82, 2.24) is 9.80 Å². The Morgan fingerprint density at radius 2 is 1.68 bits per heavy atom. The van der Waals surface area contributed by atoms with E-state index in [1.165, 1.54) is 23.9 Å². The van der Waals surface area contributed by atoms with Crippen LogP contribution in [0.5, 0.6) is 5.75 Å². The van der Waals surface area contributed by atoms with Crippen LogP contribution in [0.15, 0.2) is 42.5 Å². The number of anilines is 1. The lowest BCUT2D eigenvalue weighted by Crippen LogP contribution is -2.56. The Labute approximate surface area is 226 Å². The number of hydrogen-bond acceptors (Lipinski definition) is 7. The predicted molar refractivity (Wildman–Crippen MR) is 149 cm³/mol. The lowest BCUT2D eigenvalue weighted by molar-refractivity contribution is -0.138. The number of methoxy groups -OCH3 is 1. The number of amides is 1. The minimum atomic E-state index is -1.29. The molecule has 2 N–H and O–H groups in total. The van der Waals surface area contributed by atoms with Crippen molar-refractivity contribution in [3.05, 3.63) is 59.2 Å². The van der Waals surface area contributed by atoms with Gasteiger partial charge < -0.3 is 29.5 Å². The monoisotopic (exact) mass is 525 g/mol. The van der Waals surface area contributed by atoms with E-state index in [1.807, 2.05) is 32.0 Å². The zero-order valence-electron chi connectivity index (χ0n) is 23.3. The van der Waals surface area contributed by atoms with Crippen molar-refractivity contribution < 1.29 is 24.5 Å². The number of carbonyl (C=O) groups is 1. The zero-order valence-corrected chi connectivity index (χ0v) is 23.3. The van der Waals surface area contributed by atoms with Gasteiger partial charge in [0.05, 0.1) is 12.1 Å². The van der Waals surface area contributed by atoms with Crippen LogP contribution in [-0.4, -0.2) is 103 Å². The summed E-state index contributed by atoms with van der Waals surface area (Å²) in [6.45, 7) is 9.63. The average Bonchev–Trinajstić information content (AvgIpc) is 3.04. The number of ether oxygens (including phenoxy) is 2. The lowest BCUT2D eigenvalue weighted by Gasteiger charge is -2.42. The molecule has 2 aliphatic heterocycles. The molecule has 1 amide bonds. The van der Waals surface area contributed by atoms with Crippen molar-refractivity contribution in [1.29, 1.82) is 0 Å². The summed E-state index contributed by atoms with van der Waals surface area (Å²) in [5.41, 5.74) is 2.55. The molecule has 2 saturated heterocycles. The number of benzene rings is 2. The standard InChI is InChI=1S/C30H43N3O5/c1-23-6-5-7-26(16-23)32-12-10-29(35,11-13-32)19-31-14-15-33(28(34)18-37-4)21-30(36,20-31)22-38-27-9-8-24(2)25(3)17-27/h5-9,16-17,35-36H,10-15,18-22H2,1-4H3. The molecule has 0 aliphatic carbocycles. The lowest BCUT2D eigenvalue weighted by atomic mass is 9.90. The van der Waals surface area contributed by atoms with E-state index in [0.717, 1.165) is 18.7 Å². The largest absolute Gasteiger partial charge is 0.490 e. The first-order valence-electron chi connectivity index (χ1n) is 13.5. The van der Waals surface area contributed by atoms with E-state index in [2.05, 4.69) is 41.0 Å². The molecule has 0 radical (unpaired) electrons. The Kier molecular flexibility index (Phi) is 8.98. The van der Waals surface area contributed by atoms with Gasteiger partial charge >= 0.3 is 0 Å². The Balaban J connectivity index is 1.43. The van der Waals surface area contributed by atoms with E-state index < -0.39 is 11.2 Å². The van der Waals surface area contributed by atoms with Gasteiger partial charge in [0, 0.05) is 52.1 Å². The minimum Gasteiger partial charge on any atom is -0.490 e. The van der Waals surface area contributed by atoms with Crippen molar-refractivity contribution in [2.75, 3.05) is 71.0 Å². The van der Waals surface area contributed by atoms with Crippen LogP contribution in [0.4, 0.5) is 5.69 Å². The summed E-state index contributed by atoms with van der Waals surface area (Å²) in [4.78, 5) is 18.8. The highest BCUT2D eigenvalue weighted by molar-refractivity contribution is 5.77. The molecule has 2 aromatic rings. The number of rotatable bonds is 8. The van der Waals surface area contributed by atoms with Crippen LogP contribution >= 0.6 is 0 Å². The summed E-state index contributed by atoms with van der Waals surface area (Å²) >= 11 is 0. The molecular weight excluding hydrogens is 482 g/mol. The minimum absolute atomic E-state index is 0.0349. The van der Waals surface area contributed by atoms with Gasteiger partial charge in [0.1, 0.15) is 24.6 Å². The van der Waals surface area contributed by atoms with Gasteiger partial charge in [-0.2, -0.15) is 0 Å². The highest BCUT2D eigenvalue weighted by atomic mass is 16.5. The van der Waals surface area contributed by atoms with Gasteiger partial charge in [-0.1, -0.05) is 18.2 Å². The van der Waals surface area contributed by atoms with E-state index in [0.29, 0.717) is 44.8 Å². The van der Waals surface area contributed by atoms with E-state index in [-0.39, 0.29) is 25.7 Å². The molecule has 2 aromatic carbocycles. The SMILES string of the molecule is COCC(=O)N1CCN(CC2(O)CCN(c3cccc(C)c3)CC2)CC(O)(COc2ccc(C)c(C)c2)C1. The topological polar surface area (TPSA) is 85.7 Å². The number of carbonyl (C=O) groups excluding carboxylic acids is 1. The summed E-state index contributed by atoms with van der Waals surface area (Å²) in [6.07, 6.45) is 1.28. The maximum Gasteiger partial charge on any atom is 0.248 e. The average molecular weight is 526 g/mol. The van der Waals surface area contributed by atoms with Crippen LogP contribution in [0.1, 0.15) is 29.5 Å². The van der Waals surface area contributed by atoms with Crippen LogP contribution in [0, 0.1) is 20.8 Å². The molecule has 2 aliphatic rings. The van der Waals surface area contributed by atoms with Crippen molar-refractivity contribution >= 4 is 11.6 Å². The molecule has 0 bridgehead atoms. The number of nitrogens with zero attached hydrogens (tertiary/aromatic N) is 3. The molecule has 2 fully saturated rings. The first-order valence-corrected chi connectivity index (χ1v) is 13.5. The second kappa shape index (κ2) is 12.0.